The molecule has 0 saturated heterocycles. The van der Waals surface area contributed by atoms with E-state index in [1.807, 2.05) is 0 Å². The van der Waals surface area contributed by atoms with Crippen molar-refractivity contribution in [1.82, 2.24) is 10.6 Å². The highest BCUT2D eigenvalue weighted by Gasteiger charge is 2.25. The first kappa shape index (κ1) is 12.4. The lowest BCUT2D eigenvalue weighted by molar-refractivity contribution is -0.121. The molecule has 2 aliphatic carbocycles. The van der Waals surface area contributed by atoms with Crippen molar-refractivity contribution in [3.05, 3.63) is 0 Å². The normalized spacial score (nSPS) is 28.4. The maximum absolute atomic E-state index is 11.5. The third-order valence-corrected chi connectivity index (χ3v) is 3.63. The summed E-state index contributed by atoms with van der Waals surface area (Å²) in [6.45, 7) is 0.696. The number of hydrogen-bond donors (Lipinski definition) is 2. The largest absolute Gasteiger partial charge is 0.353 e. The Morgan fingerprint density at radius 2 is 2.00 bits per heavy atom. The number of nitrogens with one attached hydrogen (secondary N) is 2. The van der Waals surface area contributed by atoms with Crippen molar-refractivity contribution < 1.29 is 4.79 Å². The van der Waals surface area contributed by atoms with Crippen molar-refractivity contribution >= 4 is 5.91 Å². The number of nitrogens with zero attached hydrogens (tertiary/aromatic N) is 1. The van der Waals surface area contributed by atoms with E-state index in [4.69, 9.17) is 5.26 Å². The summed E-state index contributed by atoms with van der Waals surface area (Å²) in [6, 6.07) is 3.11. The molecule has 17 heavy (non-hydrogen) atoms. The Kier molecular flexibility index (Phi) is 4.38. The molecule has 0 aromatic carbocycles. The third kappa shape index (κ3) is 4.01. The van der Waals surface area contributed by atoms with Crippen LogP contribution in [0.15, 0.2) is 0 Å². The zero-order valence-electron chi connectivity index (χ0n) is 10.2. The van der Waals surface area contributed by atoms with Gasteiger partial charge in [0.05, 0.1) is 12.0 Å². The van der Waals surface area contributed by atoms with Crippen LogP contribution in [0.1, 0.15) is 44.9 Å². The lowest BCUT2D eigenvalue weighted by atomic mass is 9.85. The number of carbonyl (C=O) groups excluding carboxylic acids is 1. The second-order valence-corrected chi connectivity index (χ2v) is 5.17. The Labute approximate surface area is 103 Å². The highest BCUT2D eigenvalue weighted by molar-refractivity contribution is 5.76. The fourth-order valence-electron chi connectivity index (χ4n) is 2.43. The first-order valence-electron chi connectivity index (χ1n) is 6.72. The molecule has 4 heteroatoms. The van der Waals surface area contributed by atoms with Gasteiger partial charge in [0.25, 0.3) is 0 Å². The summed E-state index contributed by atoms with van der Waals surface area (Å²) in [5, 5.41) is 15.4. The highest BCUT2D eigenvalue weighted by Crippen LogP contribution is 2.23. The van der Waals surface area contributed by atoms with E-state index in [0.717, 1.165) is 25.7 Å². The summed E-state index contributed by atoms with van der Waals surface area (Å²) in [4.78, 5) is 11.5. The van der Waals surface area contributed by atoms with Crippen LogP contribution in [0.25, 0.3) is 0 Å². The molecular formula is C13H21N3O. The molecule has 2 aliphatic rings. The van der Waals surface area contributed by atoms with Crippen molar-refractivity contribution in [1.29, 1.82) is 5.26 Å². The van der Waals surface area contributed by atoms with Crippen LogP contribution in [0, 0.1) is 17.2 Å². The Hall–Kier alpha value is -1.08. The first-order chi connectivity index (χ1) is 8.29. The molecule has 2 saturated carbocycles. The minimum absolute atomic E-state index is 0.134. The molecule has 2 N–H and O–H groups in total. The number of rotatable bonds is 5. The average Bonchev–Trinajstić information content (AvgIpc) is 3.13. The van der Waals surface area contributed by atoms with Gasteiger partial charge in [0.1, 0.15) is 0 Å². The van der Waals surface area contributed by atoms with Gasteiger partial charge in [-0.1, -0.05) is 12.8 Å². The summed E-state index contributed by atoms with van der Waals surface area (Å²) in [6.07, 6.45) is 7.25. The third-order valence-electron chi connectivity index (χ3n) is 3.63. The van der Waals surface area contributed by atoms with Crippen LogP contribution in [0.5, 0.6) is 0 Å². The fourth-order valence-corrected chi connectivity index (χ4v) is 2.43. The minimum Gasteiger partial charge on any atom is -0.353 e. The molecule has 1 amide bonds. The molecule has 0 bridgehead atoms. The SMILES string of the molecule is N#CC1CCCCC1NCCC(=O)NC1CC1. The molecule has 2 fully saturated rings. The van der Waals surface area contributed by atoms with Crippen molar-refractivity contribution in [2.75, 3.05) is 6.54 Å². The average molecular weight is 235 g/mol. The van der Waals surface area contributed by atoms with Gasteiger partial charge in [0.2, 0.25) is 5.91 Å². The van der Waals surface area contributed by atoms with E-state index in [2.05, 4.69) is 16.7 Å². The van der Waals surface area contributed by atoms with E-state index in [1.165, 1.54) is 12.8 Å². The lowest BCUT2D eigenvalue weighted by Gasteiger charge is -2.27. The summed E-state index contributed by atoms with van der Waals surface area (Å²) >= 11 is 0. The van der Waals surface area contributed by atoms with Gasteiger partial charge in [-0.3, -0.25) is 4.79 Å². The zero-order chi connectivity index (χ0) is 12.1. The molecule has 0 aromatic heterocycles. The zero-order valence-corrected chi connectivity index (χ0v) is 10.2. The molecule has 0 spiro atoms. The second-order valence-electron chi connectivity index (χ2n) is 5.17. The number of amides is 1. The van der Waals surface area contributed by atoms with Gasteiger partial charge >= 0.3 is 0 Å². The van der Waals surface area contributed by atoms with Gasteiger partial charge in [-0.25, -0.2) is 0 Å². The highest BCUT2D eigenvalue weighted by atomic mass is 16.1. The Morgan fingerprint density at radius 3 is 2.71 bits per heavy atom. The molecule has 94 valence electrons. The molecule has 0 aromatic rings. The van der Waals surface area contributed by atoms with Crippen molar-refractivity contribution in [3.8, 4) is 6.07 Å². The molecule has 2 rings (SSSR count). The molecule has 0 aliphatic heterocycles. The van der Waals surface area contributed by atoms with Gasteiger partial charge in [-0.15, -0.1) is 0 Å². The summed E-state index contributed by atoms with van der Waals surface area (Å²) in [7, 11) is 0. The van der Waals surface area contributed by atoms with E-state index in [0.29, 0.717) is 25.0 Å². The molecule has 4 nitrogen and oxygen atoms in total. The number of carbonyl (C=O) groups is 1. The number of nitriles is 1. The van der Waals surface area contributed by atoms with E-state index in [-0.39, 0.29) is 11.8 Å². The smallest absolute Gasteiger partial charge is 0.221 e. The standard InChI is InChI=1S/C13H21N3O/c14-9-10-3-1-2-4-12(10)15-8-7-13(17)16-11-5-6-11/h10-12,15H,1-8H2,(H,16,17). The van der Waals surface area contributed by atoms with Crippen LogP contribution < -0.4 is 10.6 Å². The summed E-state index contributed by atoms with van der Waals surface area (Å²) in [5.74, 6) is 0.277. The van der Waals surface area contributed by atoms with Crippen LogP contribution in [0.2, 0.25) is 0 Å². The molecule has 0 heterocycles. The Morgan fingerprint density at radius 1 is 1.24 bits per heavy atom. The van der Waals surface area contributed by atoms with Crippen molar-refractivity contribution in [2.24, 2.45) is 5.92 Å². The molecule has 2 atom stereocenters. The fraction of sp³-hybridized carbons (Fsp3) is 0.846. The predicted octanol–water partition coefficient (Wildman–Crippen LogP) is 1.33. The molecular weight excluding hydrogens is 214 g/mol. The van der Waals surface area contributed by atoms with Gasteiger partial charge in [0, 0.05) is 25.0 Å². The van der Waals surface area contributed by atoms with E-state index in [9.17, 15) is 4.79 Å². The first-order valence-corrected chi connectivity index (χ1v) is 6.72. The maximum Gasteiger partial charge on any atom is 0.221 e. The molecule has 0 radical (unpaired) electrons. The van der Waals surface area contributed by atoms with Crippen LogP contribution in [-0.4, -0.2) is 24.5 Å². The van der Waals surface area contributed by atoms with Gasteiger partial charge in [-0.05, 0) is 25.7 Å². The monoisotopic (exact) mass is 235 g/mol. The van der Waals surface area contributed by atoms with Gasteiger partial charge in [0.15, 0.2) is 0 Å². The topological polar surface area (TPSA) is 64.9 Å². The van der Waals surface area contributed by atoms with Crippen LogP contribution in [0.3, 0.4) is 0 Å². The minimum atomic E-state index is 0.134. The quantitative estimate of drug-likeness (QED) is 0.755. The molecule has 2 unspecified atom stereocenters. The van der Waals surface area contributed by atoms with Gasteiger partial charge < -0.3 is 10.6 Å². The van der Waals surface area contributed by atoms with Gasteiger partial charge in [-0.2, -0.15) is 5.26 Å². The van der Waals surface area contributed by atoms with Crippen molar-refractivity contribution in [3.63, 3.8) is 0 Å². The second kappa shape index (κ2) is 6.02. The van der Waals surface area contributed by atoms with E-state index in [1.54, 1.807) is 0 Å². The summed E-state index contributed by atoms with van der Waals surface area (Å²) < 4.78 is 0. The number of hydrogen-bond acceptors (Lipinski definition) is 3. The van der Waals surface area contributed by atoms with Crippen LogP contribution >= 0.6 is 0 Å². The predicted molar refractivity (Wildman–Crippen MR) is 65.1 cm³/mol. The van der Waals surface area contributed by atoms with Crippen LogP contribution in [-0.2, 0) is 4.79 Å². The van der Waals surface area contributed by atoms with E-state index < -0.39 is 0 Å². The summed E-state index contributed by atoms with van der Waals surface area (Å²) in [5.41, 5.74) is 0. The Bertz CT molecular complexity index is 306. The van der Waals surface area contributed by atoms with E-state index >= 15 is 0 Å². The lowest BCUT2D eigenvalue weighted by Crippen LogP contribution is -2.40. The maximum atomic E-state index is 11.5. The Balaban J connectivity index is 1.62. The van der Waals surface area contributed by atoms with Crippen molar-refractivity contribution in [2.45, 2.75) is 57.0 Å². The van der Waals surface area contributed by atoms with Crippen LogP contribution in [0.4, 0.5) is 0 Å².